The first-order valence-corrected chi connectivity index (χ1v) is 9.16. The van der Waals surface area contributed by atoms with Gasteiger partial charge in [0.25, 0.3) is 5.91 Å². The monoisotopic (exact) mass is 400 g/mol. The molecule has 0 aliphatic rings. The van der Waals surface area contributed by atoms with Gasteiger partial charge >= 0.3 is 0 Å². The van der Waals surface area contributed by atoms with Gasteiger partial charge in [-0.15, -0.1) is 0 Å². The van der Waals surface area contributed by atoms with Crippen molar-refractivity contribution in [3.05, 3.63) is 60.0 Å². The lowest BCUT2D eigenvalue weighted by Gasteiger charge is -2.11. The van der Waals surface area contributed by atoms with Crippen LogP contribution in [0.3, 0.4) is 0 Å². The fraction of sp³-hybridized carbons (Fsp3) is 0.211. The zero-order chi connectivity index (χ0) is 19.9. The molecule has 146 valence electrons. The molecule has 0 atom stereocenters. The summed E-state index contributed by atoms with van der Waals surface area (Å²) < 4.78 is 20.4. The largest absolute Gasteiger partial charge is 0.497 e. The van der Waals surface area contributed by atoms with Crippen LogP contribution in [0.4, 0.5) is 0 Å². The highest BCUT2D eigenvalue weighted by Crippen LogP contribution is 2.31. The molecule has 2 heterocycles. The summed E-state index contributed by atoms with van der Waals surface area (Å²) in [5.41, 5.74) is 1.08. The third-order valence-electron chi connectivity index (χ3n) is 3.88. The second-order valence-electron chi connectivity index (χ2n) is 5.62. The van der Waals surface area contributed by atoms with Gasteiger partial charge in [-0.25, -0.2) is 4.98 Å². The third-order valence-corrected chi connectivity index (χ3v) is 4.73. The van der Waals surface area contributed by atoms with Crippen LogP contribution in [0.1, 0.15) is 16.1 Å². The molecule has 0 aliphatic carbocycles. The Bertz CT molecular complexity index is 947. The van der Waals surface area contributed by atoms with Crippen molar-refractivity contribution < 1.29 is 19.0 Å². The van der Waals surface area contributed by atoms with Crippen molar-refractivity contribution >= 4 is 17.9 Å². The van der Waals surface area contributed by atoms with Crippen molar-refractivity contribution in [2.75, 3.05) is 21.3 Å². The Balaban J connectivity index is 1.70. The van der Waals surface area contributed by atoms with E-state index in [9.17, 15) is 4.79 Å². The van der Waals surface area contributed by atoms with Gasteiger partial charge in [0.2, 0.25) is 5.88 Å². The lowest BCUT2D eigenvalue weighted by Crippen LogP contribution is -2.18. The quantitative estimate of drug-likeness (QED) is 0.582. The normalized spacial score (nSPS) is 10.4. The molecule has 3 rings (SSSR count). The highest BCUT2D eigenvalue weighted by molar-refractivity contribution is 7.98. The topological polar surface area (TPSA) is 87.5 Å². The first-order valence-electron chi connectivity index (χ1n) is 8.35. The molecule has 0 aliphatic heterocycles. The lowest BCUT2D eigenvalue weighted by molar-refractivity contribution is 0.0978. The number of benzene rings is 1. The zero-order valence-corrected chi connectivity index (χ0v) is 16.5. The maximum Gasteiger partial charge on any atom is 0.280 e. The molecule has 28 heavy (non-hydrogen) atoms. The molecular formula is C19H20N4O4S. The van der Waals surface area contributed by atoms with Crippen molar-refractivity contribution in [3.63, 3.8) is 0 Å². The predicted octanol–water partition coefficient (Wildman–Crippen LogP) is 2.79. The summed E-state index contributed by atoms with van der Waals surface area (Å²) in [5, 5.41) is 4.17. The van der Waals surface area contributed by atoms with Crippen LogP contribution >= 0.6 is 11.9 Å². The van der Waals surface area contributed by atoms with E-state index in [1.807, 2.05) is 18.3 Å². The predicted molar refractivity (Wildman–Crippen MR) is 105 cm³/mol. The molecular weight excluding hydrogens is 380 g/mol. The minimum Gasteiger partial charge on any atom is -0.497 e. The van der Waals surface area contributed by atoms with Crippen LogP contribution in [0, 0.1) is 0 Å². The van der Waals surface area contributed by atoms with Gasteiger partial charge in [0.1, 0.15) is 17.2 Å². The lowest BCUT2D eigenvalue weighted by atomic mass is 10.2. The number of methoxy groups -OCH3 is 3. The van der Waals surface area contributed by atoms with Crippen molar-refractivity contribution in [1.29, 1.82) is 0 Å². The minimum absolute atomic E-state index is 0.251. The Hall–Kier alpha value is -3.20. The summed E-state index contributed by atoms with van der Waals surface area (Å²) in [4.78, 5) is 17.6. The molecule has 1 N–H and O–H groups in total. The summed E-state index contributed by atoms with van der Waals surface area (Å²) >= 11 is 1.14. The number of rotatable bonds is 8. The summed E-state index contributed by atoms with van der Waals surface area (Å²) in [6.07, 6.45) is 3.55. The van der Waals surface area contributed by atoms with Crippen molar-refractivity contribution in [1.82, 2.24) is 19.5 Å². The molecule has 9 heteroatoms. The standard InChI is InChI=1S/C19H20N4O4S/c1-25-14-6-8-17(16(11-14)26-2)28-22-18(24)15-7-5-13(19(21-15)27-3)12-23-10-4-9-20-23/h4-11H,12H2,1-3H3,(H,22,24). The number of hydrogen-bond acceptors (Lipinski definition) is 7. The zero-order valence-electron chi connectivity index (χ0n) is 15.7. The SMILES string of the molecule is COc1ccc(SNC(=O)c2ccc(Cn3cccn3)c(OC)n2)c(OC)c1. The second kappa shape index (κ2) is 9.14. The van der Waals surface area contributed by atoms with Crippen LogP contribution in [0.5, 0.6) is 17.4 Å². The van der Waals surface area contributed by atoms with E-state index in [0.29, 0.717) is 23.9 Å². The van der Waals surface area contributed by atoms with E-state index in [4.69, 9.17) is 14.2 Å². The molecule has 0 radical (unpaired) electrons. The van der Waals surface area contributed by atoms with E-state index < -0.39 is 0 Å². The molecule has 0 fully saturated rings. The molecule has 2 aromatic heterocycles. The van der Waals surface area contributed by atoms with Gasteiger partial charge in [0, 0.05) is 24.0 Å². The Morgan fingerprint density at radius 2 is 2.00 bits per heavy atom. The summed E-state index contributed by atoms with van der Waals surface area (Å²) in [7, 11) is 4.66. The van der Waals surface area contributed by atoms with E-state index in [0.717, 1.165) is 22.4 Å². The van der Waals surface area contributed by atoms with Gasteiger partial charge in [0.15, 0.2) is 0 Å². The van der Waals surface area contributed by atoms with Crippen LogP contribution < -0.4 is 18.9 Å². The average Bonchev–Trinajstić information content (AvgIpc) is 3.25. The number of hydrogen-bond donors (Lipinski definition) is 1. The van der Waals surface area contributed by atoms with Gasteiger partial charge in [0.05, 0.1) is 32.8 Å². The molecule has 1 aromatic carbocycles. The molecule has 0 spiro atoms. The first kappa shape index (κ1) is 19.6. The molecule has 0 unspecified atom stereocenters. The average molecular weight is 400 g/mol. The van der Waals surface area contributed by atoms with Gasteiger partial charge in [-0.1, -0.05) is 0 Å². The van der Waals surface area contributed by atoms with E-state index in [-0.39, 0.29) is 11.6 Å². The first-order chi connectivity index (χ1) is 13.6. The Morgan fingerprint density at radius 1 is 1.14 bits per heavy atom. The fourth-order valence-electron chi connectivity index (χ4n) is 2.47. The van der Waals surface area contributed by atoms with E-state index in [1.54, 1.807) is 49.4 Å². The number of aromatic nitrogens is 3. The van der Waals surface area contributed by atoms with Crippen LogP contribution in [-0.4, -0.2) is 42.0 Å². The molecule has 0 saturated heterocycles. The number of ether oxygens (including phenoxy) is 3. The van der Waals surface area contributed by atoms with Crippen molar-refractivity contribution in [2.45, 2.75) is 11.4 Å². The maximum absolute atomic E-state index is 12.5. The summed E-state index contributed by atoms with van der Waals surface area (Å²) in [6.45, 7) is 0.503. The number of nitrogens with one attached hydrogen (secondary N) is 1. The van der Waals surface area contributed by atoms with Crippen LogP contribution in [0.25, 0.3) is 0 Å². The maximum atomic E-state index is 12.5. The highest BCUT2D eigenvalue weighted by atomic mass is 32.2. The Labute approximate surface area is 167 Å². The minimum atomic E-state index is -0.341. The molecule has 0 bridgehead atoms. The van der Waals surface area contributed by atoms with E-state index in [2.05, 4.69) is 14.8 Å². The Morgan fingerprint density at radius 3 is 2.68 bits per heavy atom. The van der Waals surface area contributed by atoms with E-state index in [1.165, 1.54) is 7.11 Å². The molecule has 3 aromatic rings. The third kappa shape index (κ3) is 4.55. The number of carbonyl (C=O) groups excluding carboxylic acids is 1. The summed E-state index contributed by atoms with van der Waals surface area (Å²) in [5.74, 6) is 1.32. The van der Waals surface area contributed by atoms with Gasteiger partial charge < -0.3 is 14.2 Å². The molecule has 1 amide bonds. The number of amides is 1. The number of nitrogens with zero attached hydrogens (tertiary/aromatic N) is 3. The smallest absolute Gasteiger partial charge is 0.280 e. The van der Waals surface area contributed by atoms with E-state index >= 15 is 0 Å². The Kier molecular flexibility index (Phi) is 6.38. The fourth-order valence-corrected chi connectivity index (χ4v) is 3.16. The van der Waals surface area contributed by atoms with Crippen LogP contribution in [0.15, 0.2) is 53.7 Å². The van der Waals surface area contributed by atoms with Crippen molar-refractivity contribution in [3.8, 4) is 17.4 Å². The second-order valence-corrected chi connectivity index (χ2v) is 6.47. The van der Waals surface area contributed by atoms with Crippen molar-refractivity contribution in [2.24, 2.45) is 0 Å². The number of carbonyl (C=O) groups is 1. The van der Waals surface area contributed by atoms with Gasteiger partial charge in [-0.3, -0.25) is 14.2 Å². The van der Waals surface area contributed by atoms with Gasteiger partial charge in [-0.05, 0) is 42.3 Å². The molecule has 8 nitrogen and oxygen atoms in total. The van der Waals surface area contributed by atoms with Crippen LogP contribution in [-0.2, 0) is 6.54 Å². The molecule has 0 saturated carbocycles. The highest BCUT2D eigenvalue weighted by Gasteiger charge is 2.14. The number of pyridine rings is 1. The van der Waals surface area contributed by atoms with Gasteiger partial charge in [-0.2, -0.15) is 5.10 Å². The van der Waals surface area contributed by atoms with Crippen LogP contribution in [0.2, 0.25) is 0 Å². The summed E-state index contributed by atoms with van der Waals surface area (Å²) in [6, 6.07) is 10.7.